The zero-order chi connectivity index (χ0) is 13.5. The van der Waals surface area contributed by atoms with Crippen molar-refractivity contribution in [1.29, 1.82) is 0 Å². The summed E-state index contributed by atoms with van der Waals surface area (Å²) >= 11 is 0. The van der Waals surface area contributed by atoms with Crippen molar-refractivity contribution in [2.45, 2.75) is 42.9 Å². The number of fused-ring (bicyclic) bond motifs is 1. The van der Waals surface area contributed by atoms with Gasteiger partial charge in [-0.05, 0) is 31.0 Å². The zero-order valence-electron chi connectivity index (χ0n) is 11.0. The van der Waals surface area contributed by atoms with E-state index in [1.807, 2.05) is 0 Å². The van der Waals surface area contributed by atoms with Crippen molar-refractivity contribution in [3.63, 3.8) is 0 Å². The van der Waals surface area contributed by atoms with Crippen LogP contribution >= 0.6 is 0 Å². The standard InChI is InChI=1S/C14H18N2O2S/c1-19(17,18)11-7-8-12-13(9-11)16-14(15-12)10-5-3-2-4-6-10/h7-10H,2-6H2,1H3,(H,15,16). The summed E-state index contributed by atoms with van der Waals surface area (Å²) in [5, 5.41) is 0. The Morgan fingerprint density at radius 3 is 2.63 bits per heavy atom. The Balaban J connectivity index is 2.01. The highest BCUT2D eigenvalue weighted by Gasteiger charge is 2.19. The summed E-state index contributed by atoms with van der Waals surface area (Å²) in [5.41, 5.74) is 1.68. The first-order chi connectivity index (χ1) is 9.04. The molecular formula is C14H18N2O2S. The van der Waals surface area contributed by atoms with Crippen LogP contribution in [0.2, 0.25) is 0 Å². The second kappa shape index (κ2) is 4.63. The molecule has 1 N–H and O–H groups in total. The first-order valence-electron chi connectivity index (χ1n) is 6.74. The van der Waals surface area contributed by atoms with Crippen molar-refractivity contribution in [3.05, 3.63) is 24.0 Å². The number of nitrogens with one attached hydrogen (secondary N) is 1. The van der Waals surface area contributed by atoms with Crippen molar-refractivity contribution >= 4 is 20.9 Å². The average Bonchev–Trinajstić information content (AvgIpc) is 2.81. The van der Waals surface area contributed by atoms with Gasteiger partial charge in [0.25, 0.3) is 0 Å². The summed E-state index contributed by atoms with van der Waals surface area (Å²) in [6.45, 7) is 0. The van der Waals surface area contributed by atoms with E-state index in [-0.39, 0.29) is 0 Å². The Labute approximate surface area is 113 Å². The quantitative estimate of drug-likeness (QED) is 0.918. The highest BCUT2D eigenvalue weighted by atomic mass is 32.2. The maximum atomic E-state index is 11.6. The number of sulfone groups is 1. The number of aromatic amines is 1. The number of H-pyrrole nitrogens is 1. The van der Waals surface area contributed by atoms with E-state index in [1.54, 1.807) is 18.2 Å². The molecule has 1 aromatic carbocycles. The number of aromatic nitrogens is 2. The number of imidazole rings is 1. The van der Waals surface area contributed by atoms with Crippen molar-refractivity contribution in [1.82, 2.24) is 9.97 Å². The van der Waals surface area contributed by atoms with Crippen LogP contribution in [-0.2, 0) is 9.84 Å². The van der Waals surface area contributed by atoms with E-state index in [1.165, 1.54) is 38.4 Å². The highest BCUT2D eigenvalue weighted by Crippen LogP contribution is 2.32. The lowest BCUT2D eigenvalue weighted by molar-refractivity contribution is 0.431. The van der Waals surface area contributed by atoms with Gasteiger partial charge in [-0.15, -0.1) is 0 Å². The van der Waals surface area contributed by atoms with E-state index in [0.29, 0.717) is 10.8 Å². The molecule has 0 saturated heterocycles. The molecule has 1 aromatic heterocycles. The molecule has 1 saturated carbocycles. The van der Waals surface area contributed by atoms with Crippen molar-refractivity contribution < 1.29 is 8.42 Å². The van der Waals surface area contributed by atoms with E-state index in [4.69, 9.17) is 0 Å². The first kappa shape index (κ1) is 12.7. The molecule has 0 aliphatic heterocycles. The van der Waals surface area contributed by atoms with Gasteiger partial charge in [-0.1, -0.05) is 19.3 Å². The molecule has 1 aliphatic carbocycles. The van der Waals surface area contributed by atoms with Gasteiger partial charge in [-0.25, -0.2) is 13.4 Å². The van der Waals surface area contributed by atoms with Gasteiger partial charge in [-0.2, -0.15) is 0 Å². The van der Waals surface area contributed by atoms with Gasteiger partial charge in [0.1, 0.15) is 5.82 Å². The van der Waals surface area contributed by atoms with E-state index < -0.39 is 9.84 Å². The Morgan fingerprint density at radius 2 is 1.95 bits per heavy atom. The average molecular weight is 278 g/mol. The van der Waals surface area contributed by atoms with Crippen LogP contribution in [0.5, 0.6) is 0 Å². The molecule has 5 heteroatoms. The van der Waals surface area contributed by atoms with Crippen LogP contribution in [0.3, 0.4) is 0 Å². The van der Waals surface area contributed by atoms with Crippen molar-refractivity contribution in [3.8, 4) is 0 Å². The first-order valence-corrected chi connectivity index (χ1v) is 8.63. The molecule has 0 bridgehead atoms. The predicted molar refractivity (Wildman–Crippen MR) is 75.0 cm³/mol. The van der Waals surface area contributed by atoms with Crippen LogP contribution in [0.4, 0.5) is 0 Å². The lowest BCUT2D eigenvalue weighted by Crippen LogP contribution is -2.05. The van der Waals surface area contributed by atoms with Crippen LogP contribution in [0, 0.1) is 0 Å². The van der Waals surface area contributed by atoms with E-state index >= 15 is 0 Å². The fraction of sp³-hybridized carbons (Fsp3) is 0.500. The van der Waals surface area contributed by atoms with Crippen LogP contribution in [0.1, 0.15) is 43.8 Å². The molecule has 4 nitrogen and oxygen atoms in total. The molecule has 3 rings (SSSR count). The normalized spacial score (nSPS) is 17.9. The van der Waals surface area contributed by atoms with Gasteiger partial charge in [0.05, 0.1) is 15.9 Å². The van der Waals surface area contributed by atoms with Gasteiger partial charge >= 0.3 is 0 Å². The van der Waals surface area contributed by atoms with Crippen LogP contribution < -0.4 is 0 Å². The topological polar surface area (TPSA) is 62.8 Å². The summed E-state index contributed by atoms with van der Waals surface area (Å²) in [7, 11) is -3.16. The van der Waals surface area contributed by atoms with Crippen LogP contribution in [0.25, 0.3) is 11.0 Å². The smallest absolute Gasteiger partial charge is 0.175 e. The number of benzene rings is 1. The largest absolute Gasteiger partial charge is 0.342 e. The molecule has 102 valence electrons. The van der Waals surface area contributed by atoms with E-state index in [2.05, 4.69) is 9.97 Å². The van der Waals surface area contributed by atoms with Gasteiger partial charge in [-0.3, -0.25) is 0 Å². The molecule has 1 aliphatic rings. The summed E-state index contributed by atoms with van der Waals surface area (Å²) in [6, 6.07) is 5.10. The van der Waals surface area contributed by atoms with Gasteiger partial charge in [0, 0.05) is 12.2 Å². The third kappa shape index (κ3) is 2.52. The summed E-state index contributed by atoms with van der Waals surface area (Å²) in [5.74, 6) is 1.52. The van der Waals surface area contributed by atoms with Crippen LogP contribution in [-0.4, -0.2) is 24.6 Å². The van der Waals surface area contributed by atoms with Crippen molar-refractivity contribution in [2.75, 3.05) is 6.26 Å². The maximum Gasteiger partial charge on any atom is 0.175 e. The van der Waals surface area contributed by atoms with E-state index in [0.717, 1.165) is 16.9 Å². The molecule has 1 heterocycles. The molecule has 19 heavy (non-hydrogen) atoms. The highest BCUT2D eigenvalue weighted by molar-refractivity contribution is 7.90. The molecule has 2 aromatic rings. The Bertz CT molecular complexity index is 697. The third-order valence-electron chi connectivity index (χ3n) is 3.89. The number of hydrogen-bond acceptors (Lipinski definition) is 3. The summed E-state index contributed by atoms with van der Waals surface area (Å²) in [4.78, 5) is 8.26. The fourth-order valence-electron chi connectivity index (χ4n) is 2.81. The number of nitrogens with zero attached hydrogens (tertiary/aromatic N) is 1. The lowest BCUT2D eigenvalue weighted by atomic mass is 9.89. The summed E-state index contributed by atoms with van der Waals surface area (Å²) in [6.07, 6.45) is 7.42. The minimum Gasteiger partial charge on any atom is -0.342 e. The molecule has 1 fully saturated rings. The Hall–Kier alpha value is -1.36. The molecule has 0 atom stereocenters. The lowest BCUT2D eigenvalue weighted by Gasteiger charge is -2.18. The van der Waals surface area contributed by atoms with Gasteiger partial charge < -0.3 is 4.98 Å². The fourth-order valence-corrected chi connectivity index (χ4v) is 3.46. The molecule has 0 unspecified atom stereocenters. The van der Waals surface area contributed by atoms with Crippen molar-refractivity contribution in [2.24, 2.45) is 0 Å². The third-order valence-corrected chi connectivity index (χ3v) is 5.00. The maximum absolute atomic E-state index is 11.6. The second-order valence-corrected chi connectivity index (χ2v) is 7.42. The molecule has 0 radical (unpaired) electrons. The monoisotopic (exact) mass is 278 g/mol. The Kier molecular flexibility index (Phi) is 3.09. The minimum atomic E-state index is -3.16. The molecule has 0 spiro atoms. The predicted octanol–water partition coefficient (Wildman–Crippen LogP) is 3.01. The van der Waals surface area contributed by atoms with E-state index in [9.17, 15) is 8.42 Å². The number of rotatable bonds is 2. The second-order valence-electron chi connectivity index (χ2n) is 5.41. The van der Waals surface area contributed by atoms with Crippen LogP contribution in [0.15, 0.2) is 23.1 Å². The minimum absolute atomic E-state index is 0.346. The van der Waals surface area contributed by atoms with Gasteiger partial charge in [0.2, 0.25) is 0 Å². The SMILES string of the molecule is CS(=O)(=O)c1ccc2nc(C3CCCCC3)[nH]c2c1. The van der Waals surface area contributed by atoms with Gasteiger partial charge in [0.15, 0.2) is 9.84 Å². The molecular weight excluding hydrogens is 260 g/mol. The molecule has 0 amide bonds. The zero-order valence-corrected chi connectivity index (χ0v) is 11.8. The number of hydrogen-bond donors (Lipinski definition) is 1. The Morgan fingerprint density at radius 1 is 1.21 bits per heavy atom. The summed E-state index contributed by atoms with van der Waals surface area (Å²) < 4.78 is 23.1.